The van der Waals surface area contributed by atoms with Crippen molar-refractivity contribution >= 4 is 37.6 Å². The van der Waals surface area contributed by atoms with Crippen LogP contribution in [0.4, 0.5) is 0 Å². The van der Waals surface area contributed by atoms with Gasteiger partial charge < -0.3 is 4.74 Å². The number of aryl methyl sites for hydroxylation is 1. The summed E-state index contributed by atoms with van der Waals surface area (Å²) >= 11 is 6.86. The van der Waals surface area contributed by atoms with Crippen LogP contribution in [0.25, 0.3) is 0 Å². The molecule has 0 N–H and O–H groups in total. The average Bonchev–Trinajstić information content (AvgIpc) is 2.43. The fraction of sp³-hybridized carbons (Fsp3) is 0.188. The molecule has 0 aromatic heterocycles. The predicted molar refractivity (Wildman–Crippen MR) is 87.6 cm³/mol. The minimum absolute atomic E-state index is 0.0459. The van der Waals surface area contributed by atoms with E-state index < -0.39 is 0 Å². The molecule has 0 heterocycles. The van der Waals surface area contributed by atoms with Gasteiger partial charge in [0.1, 0.15) is 5.75 Å². The van der Waals surface area contributed by atoms with E-state index in [4.69, 9.17) is 4.74 Å². The Bertz CT molecular complexity index is 651. The third kappa shape index (κ3) is 3.30. The van der Waals surface area contributed by atoms with E-state index in [2.05, 4.69) is 31.9 Å². The zero-order valence-electron chi connectivity index (χ0n) is 11.2. The zero-order valence-corrected chi connectivity index (χ0v) is 14.4. The second-order valence-corrected chi connectivity index (χ2v) is 6.14. The molecule has 2 aromatic rings. The Morgan fingerprint density at radius 2 is 1.90 bits per heavy atom. The molecular formula is C16H14Br2O2. The van der Waals surface area contributed by atoms with Gasteiger partial charge in [0.05, 0.1) is 12.2 Å². The Kier molecular flexibility index (Phi) is 5.00. The first-order chi connectivity index (χ1) is 9.52. The van der Waals surface area contributed by atoms with E-state index in [0.717, 1.165) is 14.5 Å². The Morgan fingerprint density at radius 1 is 1.15 bits per heavy atom. The Balaban J connectivity index is 2.46. The van der Waals surface area contributed by atoms with Crippen molar-refractivity contribution in [2.24, 2.45) is 0 Å². The normalized spacial score (nSPS) is 10.4. The van der Waals surface area contributed by atoms with Gasteiger partial charge in [-0.2, -0.15) is 0 Å². The van der Waals surface area contributed by atoms with Crippen molar-refractivity contribution in [3.63, 3.8) is 0 Å². The monoisotopic (exact) mass is 396 g/mol. The van der Waals surface area contributed by atoms with Crippen molar-refractivity contribution in [2.75, 3.05) is 6.61 Å². The molecule has 0 fully saturated rings. The highest BCUT2D eigenvalue weighted by atomic mass is 79.9. The highest BCUT2D eigenvalue weighted by Crippen LogP contribution is 2.27. The molecule has 2 aromatic carbocycles. The summed E-state index contributed by atoms with van der Waals surface area (Å²) in [6, 6.07) is 11.1. The van der Waals surface area contributed by atoms with Crippen molar-refractivity contribution in [2.45, 2.75) is 13.8 Å². The molecule has 0 amide bonds. The maximum Gasteiger partial charge on any atom is 0.196 e. The molecule has 4 heteroatoms. The Morgan fingerprint density at radius 3 is 2.55 bits per heavy atom. The summed E-state index contributed by atoms with van der Waals surface area (Å²) in [7, 11) is 0. The van der Waals surface area contributed by atoms with Crippen LogP contribution in [0.5, 0.6) is 5.75 Å². The van der Waals surface area contributed by atoms with Gasteiger partial charge in [-0.1, -0.05) is 44.0 Å². The first-order valence-electron chi connectivity index (χ1n) is 6.26. The third-order valence-corrected chi connectivity index (χ3v) is 4.27. The summed E-state index contributed by atoms with van der Waals surface area (Å²) in [6.07, 6.45) is 0. The molecule has 0 saturated carbocycles. The van der Waals surface area contributed by atoms with Gasteiger partial charge in [-0.25, -0.2) is 0 Å². The molecule has 0 aliphatic heterocycles. The first kappa shape index (κ1) is 15.3. The van der Waals surface area contributed by atoms with Crippen LogP contribution in [0.2, 0.25) is 0 Å². The van der Waals surface area contributed by atoms with Crippen LogP contribution in [-0.2, 0) is 0 Å². The fourth-order valence-corrected chi connectivity index (χ4v) is 2.59. The molecule has 0 atom stereocenters. The van der Waals surface area contributed by atoms with Crippen LogP contribution in [-0.4, -0.2) is 12.4 Å². The molecule has 0 aliphatic rings. The van der Waals surface area contributed by atoms with Crippen LogP contribution < -0.4 is 4.74 Å². The van der Waals surface area contributed by atoms with E-state index in [1.54, 1.807) is 6.07 Å². The van der Waals surface area contributed by atoms with Gasteiger partial charge in [0.25, 0.3) is 0 Å². The standard InChI is InChI=1S/C16H14Br2O2/c1-3-20-15-7-6-12(17)9-13(15)16(19)11-5-4-10(2)14(18)8-11/h4-9H,3H2,1-2H3. The van der Waals surface area contributed by atoms with Gasteiger partial charge in [-0.15, -0.1) is 0 Å². The highest BCUT2D eigenvalue weighted by Gasteiger charge is 2.16. The van der Waals surface area contributed by atoms with Gasteiger partial charge in [-0.05, 0) is 43.7 Å². The minimum Gasteiger partial charge on any atom is -0.493 e. The van der Waals surface area contributed by atoms with Crippen molar-refractivity contribution in [3.05, 3.63) is 62.0 Å². The summed E-state index contributed by atoms with van der Waals surface area (Å²) < 4.78 is 7.32. The number of hydrogen-bond donors (Lipinski definition) is 0. The molecule has 104 valence electrons. The number of benzene rings is 2. The highest BCUT2D eigenvalue weighted by molar-refractivity contribution is 9.10. The summed E-state index contributed by atoms with van der Waals surface area (Å²) in [5.74, 6) is 0.563. The van der Waals surface area contributed by atoms with Crippen LogP contribution in [0.15, 0.2) is 45.3 Å². The summed E-state index contributed by atoms with van der Waals surface area (Å²) in [5.41, 5.74) is 2.30. The first-order valence-corrected chi connectivity index (χ1v) is 7.84. The second-order valence-electron chi connectivity index (χ2n) is 4.37. The molecule has 2 rings (SSSR count). The molecule has 0 spiro atoms. The third-order valence-electron chi connectivity index (χ3n) is 2.92. The van der Waals surface area contributed by atoms with Gasteiger partial charge in [0.15, 0.2) is 5.78 Å². The number of ether oxygens (including phenoxy) is 1. The number of ketones is 1. The number of hydrogen-bond acceptors (Lipinski definition) is 2. The van der Waals surface area contributed by atoms with E-state index in [-0.39, 0.29) is 5.78 Å². The topological polar surface area (TPSA) is 26.3 Å². The smallest absolute Gasteiger partial charge is 0.196 e. The lowest BCUT2D eigenvalue weighted by molar-refractivity contribution is 0.103. The lowest BCUT2D eigenvalue weighted by Crippen LogP contribution is -2.06. The van der Waals surface area contributed by atoms with Gasteiger partial charge in [0.2, 0.25) is 0 Å². The van der Waals surface area contributed by atoms with Crippen LogP contribution >= 0.6 is 31.9 Å². The van der Waals surface area contributed by atoms with Crippen LogP contribution in [0, 0.1) is 6.92 Å². The molecule has 0 unspecified atom stereocenters. The molecule has 0 radical (unpaired) electrons. The van der Waals surface area contributed by atoms with Crippen LogP contribution in [0.3, 0.4) is 0 Å². The average molecular weight is 398 g/mol. The molecule has 0 bridgehead atoms. The van der Waals surface area contributed by atoms with Crippen molar-refractivity contribution in [3.8, 4) is 5.75 Å². The fourth-order valence-electron chi connectivity index (χ4n) is 1.85. The van der Waals surface area contributed by atoms with Crippen molar-refractivity contribution < 1.29 is 9.53 Å². The second kappa shape index (κ2) is 6.55. The summed E-state index contributed by atoms with van der Waals surface area (Å²) in [4.78, 5) is 12.6. The lowest BCUT2D eigenvalue weighted by atomic mass is 10.0. The predicted octanol–water partition coefficient (Wildman–Crippen LogP) is 5.15. The molecule has 2 nitrogen and oxygen atoms in total. The number of rotatable bonds is 4. The zero-order chi connectivity index (χ0) is 14.7. The summed E-state index contributed by atoms with van der Waals surface area (Å²) in [5, 5.41) is 0. The SMILES string of the molecule is CCOc1ccc(Br)cc1C(=O)c1ccc(C)c(Br)c1. The van der Waals surface area contributed by atoms with E-state index in [0.29, 0.717) is 23.5 Å². The lowest BCUT2D eigenvalue weighted by Gasteiger charge is -2.10. The maximum atomic E-state index is 12.6. The molecule has 0 aliphatic carbocycles. The van der Waals surface area contributed by atoms with E-state index in [1.165, 1.54) is 0 Å². The molecular weight excluding hydrogens is 384 g/mol. The number of halogens is 2. The molecule has 20 heavy (non-hydrogen) atoms. The largest absolute Gasteiger partial charge is 0.493 e. The van der Waals surface area contributed by atoms with Gasteiger partial charge >= 0.3 is 0 Å². The number of carbonyl (C=O) groups is 1. The van der Waals surface area contributed by atoms with Crippen molar-refractivity contribution in [1.29, 1.82) is 0 Å². The quantitative estimate of drug-likeness (QED) is 0.667. The van der Waals surface area contributed by atoms with Crippen LogP contribution in [0.1, 0.15) is 28.4 Å². The number of carbonyl (C=O) groups excluding carboxylic acids is 1. The summed E-state index contributed by atoms with van der Waals surface area (Å²) in [6.45, 7) is 4.42. The Hall–Kier alpha value is -1.13. The van der Waals surface area contributed by atoms with Gasteiger partial charge in [0, 0.05) is 14.5 Å². The van der Waals surface area contributed by atoms with Crippen molar-refractivity contribution in [1.82, 2.24) is 0 Å². The van der Waals surface area contributed by atoms with E-state index in [9.17, 15) is 4.79 Å². The molecule has 0 saturated heterocycles. The Labute approximate surface area is 135 Å². The minimum atomic E-state index is -0.0459. The van der Waals surface area contributed by atoms with Gasteiger partial charge in [-0.3, -0.25) is 4.79 Å². The van der Waals surface area contributed by atoms with E-state index in [1.807, 2.05) is 44.2 Å². The maximum absolute atomic E-state index is 12.6. The van der Waals surface area contributed by atoms with E-state index >= 15 is 0 Å².